The average molecular weight is 458 g/mol. The van der Waals surface area contributed by atoms with E-state index >= 15 is 0 Å². The number of anilines is 1. The second-order valence-corrected chi connectivity index (χ2v) is 9.93. The van der Waals surface area contributed by atoms with Crippen molar-refractivity contribution in [2.75, 3.05) is 17.8 Å². The first-order chi connectivity index (χ1) is 14.9. The molecule has 1 amide bonds. The molecule has 0 aliphatic rings. The molecule has 0 saturated heterocycles. The molecule has 0 aliphatic heterocycles. The highest BCUT2D eigenvalue weighted by Crippen LogP contribution is 2.20. The molecule has 0 saturated carbocycles. The number of carbonyl (C=O) groups is 1. The zero-order valence-electron chi connectivity index (χ0n) is 17.7. The molecule has 0 unspecified atom stereocenters. The molecule has 31 heavy (non-hydrogen) atoms. The lowest BCUT2D eigenvalue weighted by atomic mass is 10.1. The van der Waals surface area contributed by atoms with Gasteiger partial charge in [-0.25, -0.2) is 8.42 Å². The molecule has 3 rings (SSSR count). The van der Waals surface area contributed by atoms with Crippen molar-refractivity contribution in [1.82, 2.24) is 10.2 Å². The number of thiophene rings is 1. The Hall–Kier alpha value is -2.68. The van der Waals surface area contributed by atoms with Gasteiger partial charge in [0.2, 0.25) is 0 Å². The van der Waals surface area contributed by atoms with Crippen molar-refractivity contribution in [3.63, 3.8) is 0 Å². The van der Waals surface area contributed by atoms with Crippen molar-refractivity contribution in [1.29, 1.82) is 0 Å². The van der Waals surface area contributed by atoms with Gasteiger partial charge in [-0.1, -0.05) is 44.2 Å². The SMILES string of the molecule is CCN(CC)Cc1ccc(CNC(=O)c2ccc(NS(=O)(=O)c3cccs3)cc2)cc1. The Morgan fingerprint density at radius 3 is 2.16 bits per heavy atom. The number of sulfonamides is 1. The Balaban J connectivity index is 1.54. The minimum Gasteiger partial charge on any atom is -0.348 e. The molecule has 6 nitrogen and oxygen atoms in total. The molecule has 1 heterocycles. The second kappa shape index (κ2) is 10.6. The summed E-state index contributed by atoms with van der Waals surface area (Å²) in [5, 5.41) is 4.61. The number of hydrogen-bond donors (Lipinski definition) is 2. The van der Waals surface area contributed by atoms with Gasteiger partial charge < -0.3 is 5.32 Å². The summed E-state index contributed by atoms with van der Waals surface area (Å²) in [6.07, 6.45) is 0. The van der Waals surface area contributed by atoms with Crippen molar-refractivity contribution < 1.29 is 13.2 Å². The normalized spacial score (nSPS) is 11.5. The van der Waals surface area contributed by atoms with Crippen LogP contribution < -0.4 is 10.0 Å². The van der Waals surface area contributed by atoms with E-state index in [-0.39, 0.29) is 10.1 Å². The smallest absolute Gasteiger partial charge is 0.271 e. The third-order valence-corrected chi connectivity index (χ3v) is 7.71. The third kappa shape index (κ3) is 6.40. The maximum atomic E-state index is 12.4. The molecule has 0 fully saturated rings. The van der Waals surface area contributed by atoms with Gasteiger partial charge >= 0.3 is 0 Å². The van der Waals surface area contributed by atoms with Crippen molar-refractivity contribution >= 4 is 33.0 Å². The standard InChI is InChI=1S/C23H27N3O3S2/c1-3-26(4-2)17-19-9-7-18(8-10-19)16-24-23(27)20-11-13-21(14-12-20)25-31(28,29)22-6-5-15-30-22/h5-15,25H,3-4,16-17H2,1-2H3,(H,24,27). The highest BCUT2D eigenvalue weighted by molar-refractivity contribution is 7.94. The maximum Gasteiger partial charge on any atom is 0.271 e. The molecule has 0 atom stereocenters. The molecule has 0 bridgehead atoms. The van der Waals surface area contributed by atoms with E-state index in [0.29, 0.717) is 17.8 Å². The van der Waals surface area contributed by atoms with Crippen molar-refractivity contribution in [3.05, 3.63) is 82.7 Å². The molecule has 2 N–H and O–H groups in total. The van der Waals surface area contributed by atoms with E-state index in [1.54, 1.807) is 41.8 Å². The van der Waals surface area contributed by atoms with E-state index < -0.39 is 10.0 Å². The van der Waals surface area contributed by atoms with Gasteiger partial charge in [0.05, 0.1) is 0 Å². The van der Waals surface area contributed by atoms with E-state index in [0.717, 1.165) is 36.5 Å². The predicted octanol–water partition coefficient (Wildman–Crippen LogP) is 4.32. The van der Waals surface area contributed by atoms with E-state index in [1.807, 2.05) is 12.1 Å². The van der Waals surface area contributed by atoms with Crippen LogP contribution in [0.1, 0.15) is 35.3 Å². The van der Waals surface area contributed by atoms with Gasteiger partial charge in [-0.15, -0.1) is 11.3 Å². The largest absolute Gasteiger partial charge is 0.348 e. The Morgan fingerprint density at radius 2 is 1.58 bits per heavy atom. The highest BCUT2D eigenvalue weighted by atomic mass is 32.2. The third-order valence-electron chi connectivity index (χ3n) is 4.94. The lowest BCUT2D eigenvalue weighted by Gasteiger charge is -2.18. The number of amides is 1. The first-order valence-corrected chi connectivity index (χ1v) is 12.5. The number of nitrogens with zero attached hydrogens (tertiary/aromatic N) is 1. The Bertz CT molecular complexity index is 1070. The van der Waals surface area contributed by atoms with Gasteiger partial charge in [-0.3, -0.25) is 14.4 Å². The molecule has 2 aromatic carbocycles. The topological polar surface area (TPSA) is 78.5 Å². The number of nitrogens with one attached hydrogen (secondary N) is 2. The van der Waals surface area contributed by atoms with Gasteiger partial charge in [0.1, 0.15) is 4.21 Å². The van der Waals surface area contributed by atoms with Crippen molar-refractivity contribution in [3.8, 4) is 0 Å². The molecular formula is C23H27N3O3S2. The average Bonchev–Trinajstić information content (AvgIpc) is 3.33. The Labute approximate surface area is 188 Å². The van der Waals surface area contributed by atoms with Crippen LogP contribution in [-0.4, -0.2) is 32.3 Å². The zero-order chi connectivity index (χ0) is 22.3. The summed E-state index contributed by atoms with van der Waals surface area (Å²) in [5.41, 5.74) is 3.15. The summed E-state index contributed by atoms with van der Waals surface area (Å²) >= 11 is 1.15. The van der Waals surface area contributed by atoms with E-state index in [9.17, 15) is 13.2 Å². The molecule has 164 valence electrons. The zero-order valence-corrected chi connectivity index (χ0v) is 19.3. The molecule has 8 heteroatoms. The molecule has 0 aliphatic carbocycles. The summed E-state index contributed by atoms with van der Waals surface area (Å²) in [7, 11) is -3.60. The van der Waals surface area contributed by atoms with Crippen LogP contribution >= 0.6 is 11.3 Å². The minimum atomic E-state index is -3.60. The number of rotatable bonds is 10. The van der Waals surface area contributed by atoms with Gasteiger partial charge in [-0.05, 0) is 59.9 Å². The summed E-state index contributed by atoms with van der Waals surface area (Å²) < 4.78 is 27.3. The minimum absolute atomic E-state index is 0.208. The first kappa shape index (κ1) is 23.0. The summed E-state index contributed by atoms with van der Waals surface area (Å²) in [6, 6.07) is 17.9. The number of hydrogen-bond acceptors (Lipinski definition) is 5. The van der Waals surface area contributed by atoms with E-state index in [4.69, 9.17) is 0 Å². The van der Waals surface area contributed by atoms with Gasteiger partial charge in [-0.2, -0.15) is 0 Å². The molecule has 0 spiro atoms. The van der Waals surface area contributed by atoms with Crippen LogP contribution in [0.2, 0.25) is 0 Å². The first-order valence-electron chi connectivity index (χ1n) is 10.2. The van der Waals surface area contributed by atoms with Gasteiger partial charge in [0.15, 0.2) is 0 Å². The fourth-order valence-electron chi connectivity index (χ4n) is 3.06. The van der Waals surface area contributed by atoms with Crippen LogP contribution in [0.4, 0.5) is 5.69 Å². The summed E-state index contributed by atoms with van der Waals surface area (Å²) in [4.78, 5) is 14.8. The van der Waals surface area contributed by atoms with Crippen LogP contribution in [0.3, 0.4) is 0 Å². The Kier molecular flexibility index (Phi) is 7.84. The maximum absolute atomic E-state index is 12.4. The lowest BCUT2D eigenvalue weighted by molar-refractivity contribution is 0.0951. The lowest BCUT2D eigenvalue weighted by Crippen LogP contribution is -2.23. The predicted molar refractivity (Wildman–Crippen MR) is 126 cm³/mol. The monoisotopic (exact) mass is 457 g/mol. The molecular weight excluding hydrogens is 430 g/mol. The van der Waals surface area contributed by atoms with Gasteiger partial charge in [0, 0.05) is 24.3 Å². The summed E-state index contributed by atoms with van der Waals surface area (Å²) in [5.74, 6) is -0.208. The van der Waals surface area contributed by atoms with Crippen molar-refractivity contribution in [2.45, 2.75) is 31.1 Å². The van der Waals surface area contributed by atoms with Crippen molar-refractivity contribution in [2.24, 2.45) is 0 Å². The van der Waals surface area contributed by atoms with Crippen LogP contribution in [-0.2, 0) is 23.1 Å². The number of benzene rings is 2. The molecule has 1 aromatic heterocycles. The fraction of sp³-hybridized carbons (Fsp3) is 0.261. The van der Waals surface area contributed by atoms with E-state index in [1.165, 1.54) is 5.56 Å². The van der Waals surface area contributed by atoms with Crippen LogP contribution in [0.25, 0.3) is 0 Å². The molecule has 3 aromatic rings. The van der Waals surface area contributed by atoms with E-state index in [2.05, 4.69) is 40.9 Å². The van der Waals surface area contributed by atoms with Gasteiger partial charge in [0.25, 0.3) is 15.9 Å². The Morgan fingerprint density at radius 1 is 0.935 bits per heavy atom. The number of carbonyl (C=O) groups excluding carboxylic acids is 1. The fourth-order valence-corrected chi connectivity index (χ4v) is 5.12. The quantitative estimate of drug-likeness (QED) is 0.475. The highest BCUT2D eigenvalue weighted by Gasteiger charge is 2.15. The van der Waals surface area contributed by atoms with Crippen LogP contribution in [0.15, 0.2) is 70.3 Å². The molecule has 0 radical (unpaired) electrons. The summed E-state index contributed by atoms with van der Waals surface area (Å²) in [6.45, 7) is 7.68. The van der Waals surface area contributed by atoms with Crippen LogP contribution in [0.5, 0.6) is 0 Å². The second-order valence-electron chi connectivity index (χ2n) is 7.08. The van der Waals surface area contributed by atoms with Crippen LogP contribution in [0, 0.1) is 0 Å².